The summed E-state index contributed by atoms with van der Waals surface area (Å²) in [7, 11) is -3.44. The maximum Gasteiger partial charge on any atom is 0.240 e. The lowest BCUT2D eigenvalue weighted by Gasteiger charge is -2.08. The number of rotatable bonds is 6. The maximum absolute atomic E-state index is 11.9. The molecule has 0 spiro atoms. The first kappa shape index (κ1) is 15.0. The highest BCUT2D eigenvalue weighted by Crippen LogP contribution is 2.38. The highest BCUT2D eigenvalue weighted by Gasteiger charge is 2.39. The van der Waals surface area contributed by atoms with Crippen molar-refractivity contribution in [1.29, 1.82) is 0 Å². The third kappa shape index (κ3) is 3.58. The number of amides is 1. The highest BCUT2D eigenvalue weighted by molar-refractivity contribution is 7.89. The van der Waals surface area contributed by atoms with Gasteiger partial charge in [0.25, 0.3) is 0 Å². The Morgan fingerprint density at radius 1 is 1.30 bits per heavy atom. The molecular formula is C14H20N2O3S. The second kappa shape index (κ2) is 5.93. The van der Waals surface area contributed by atoms with E-state index in [1.54, 1.807) is 12.1 Å². The molecule has 1 amide bonds. The average molecular weight is 296 g/mol. The average Bonchev–Trinajstić information content (AvgIpc) is 3.14. The fraction of sp³-hybridized carbons (Fsp3) is 0.500. The predicted molar refractivity (Wildman–Crippen MR) is 77.8 cm³/mol. The van der Waals surface area contributed by atoms with E-state index in [4.69, 9.17) is 0 Å². The number of benzene rings is 1. The minimum atomic E-state index is -3.44. The molecule has 110 valence electrons. The SMILES string of the molecule is CCCNS(=O)(=O)c1ccc(NC(=O)[C@@H]2C[C@H]2C)cc1. The molecule has 0 radical (unpaired) electrons. The molecule has 2 atom stereocenters. The molecule has 5 nitrogen and oxygen atoms in total. The van der Waals surface area contributed by atoms with E-state index in [-0.39, 0.29) is 16.7 Å². The normalized spacial score (nSPS) is 21.5. The molecule has 2 N–H and O–H groups in total. The molecule has 1 fully saturated rings. The van der Waals surface area contributed by atoms with Crippen LogP contribution in [0.1, 0.15) is 26.7 Å². The number of hydrogen-bond acceptors (Lipinski definition) is 3. The van der Waals surface area contributed by atoms with Crippen LogP contribution < -0.4 is 10.0 Å². The lowest BCUT2D eigenvalue weighted by molar-refractivity contribution is -0.117. The first-order chi connectivity index (χ1) is 9.44. The topological polar surface area (TPSA) is 75.3 Å². The van der Waals surface area contributed by atoms with Crippen molar-refractivity contribution in [1.82, 2.24) is 4.72 Å². The van der Waals surface area contributed by atoms with Crippen LogP contribution in [0.15, 0.2) is 29.2 Å². The smallest absolute Gasteiger partial charge is 0.240 e. The van der Waals surface area contributed by atoms with Gasteiger partial charge in [-0.15, -0.1) is 0 Å². The summed E-state index contributed by atoms with van der Waals surface area (Å²) in [6, 6.07) is 6.24. The number of carbonyl (C=O) groups excluding carboxylic acids is 1. The van der Waals surface area contributed by atoms with Crippen molar-refractivity contribution in [2.45, 2.75) is 31.6 Å². The Balaban J connectivity index is 2.01. The lowest BCUT2D eigenvalue weighted by atomic mass is 10.3. The number of carbonyl (C=O) groups is 1. The predicted octanol–water partition coefficient (Wildman–Crippen LogP) is 1.97. The van der Waals surface area contributed by atoms with Gasteiger partial charge in [-0.3, -0.25) is 4.79 Å². The molecular weight excluding hydrogens is 276 g/mol. The molecule has 20 heavy (non-hydrogen) atoms. The Bertz CT molecular complexity index is 581. The van der Waals surface area contributed by atoms with E-state index in [1.165, 1.54) is 12.1 Å². The molecule has 2 rings (SSSR count). The van der Waals surface area contributed by atoms with Gasteiger partial charge < -0.3 is 5.32 Å². The second-order valence-electron chi connectivity index (χ2n) is 5.23. The van der Waals surface area contributed by atoms with Crippen molar-refractivity contribution >= 4 is 21.6 Å². The summed E-state index contributed by atoms with van der Waals surface area (Å²) in [5.74, 6) is 0.565. The van der Waals surface area contributed by atoms with Crippen molar-refractivity contribution in [2.24, 2.45) is 11.8 Å². The van der Waals surface area contributed by atoms with E-state index in [9.17, 15) is 13.2 Å². The standard InChI is InChI=1S/C14H20N2O3S/c1-3-8-15-20(18,19)12-6-4-11(5-7-12)16-14(17)13-9-10(13)2/h4-7,10,13,15H,3,8-9H2,1-2H3,(H,16,17)/t10-,13-/m1/s1. The van der Waals surface area contributed by atoms with E-state index in [0.717, 1.165) is 12.8 Å². The Morgan fingerprint density at radius 2 is 1.90 bits per heavy atom. The molecule has 0 unspecified atom stereocenters. The summed E-state index contributed by atoms with van der Waals surface area (Å²) >= 11 is 0. The fourth-order valence-corrected chi connectivity index (χ4v) is 3.09. The van der Waals surface area contributed by atoms with Crippen molar-refractivity contribution in [3.05, 3.63) is 24.3 Å². The van der Waals surface area contributed by atoms with E-state index < -0.39 is 10.0 Å². The zero-order valence-electron chi connectivity index (χ0n) is 11.7. The first-order valence-electron chi connectivity index (χ1n) is 6.84. The number of nitrogens with one attached hydrogen (secondary N) is 2. The Labute approximate surface area is 119 Å². The van der Waals surface area contributed by atoms with Gasteiger partial charge in [0.15, 0.2) is 0 Å². The van der Waals surface area contributed by atoms with Crippen LogP contribution in [0.5, 0.6) is 0 Å². The maximum atomic E-state index is 11.9. The zero-order valence-corrected chi connectivity index (χ0v) is 12.5. The Hall–Kier alpha value is -1.40. The molecule has 1 aliphatic rings. The summed E-state index contributed by atoms with van der Waals surface area (Å²) in [6.45, 7) is 4.36. The second-order valence-corrected chi connectivity index (χ2v) is 7.00. The van der Waals surface area contributed by atoms with Crippen LogP contribution in [-0.2, 0) is 14.8 Å². The van der Waals surface area contributed by atoms with Crippen molar-refractivity contribution in [2.75, 3.05) is 11.9 Å². The molecule has 0 aromatic heterocycles. The van der Waals surface area contributed by atoms with Crippen LogP contribution in [0.3, 0.4) is 0 Å². The molecule has 6 heteroatoms. The van der Waals surface area contributed by atoms with Gasteiger partial charge in [-0.1, -0.05) is 13.8 Å². The van der Waals surface area contributed by atoms with E-state index in [2.05, 4.69) is 10.0 Å². The largest absolute Gasteiger partial charge is 0.326 e. The van der Waals surface area contributed by atoms with Crippen LogP contribution >= 0.6 is 0 Å². The van der Waals surface area contributed by atoms with Gasteiger partial charge in [-0.2, -0.15) is 0 Å². The van der Waals surface area contributed by atoms with Crippen LogP contribution in [0.25, 0.3) is 0 Å². The zero-order chi connectivity index (χ0) is 14.8. The fourth-order valence-electron chi connectivity index (χ4n) is 1.96. The molecule has 0 saturated heterocycles. The van der Waals surface area contributed by atoms with Gasteiger partial charge in [0, 0.05) is 18.2 Å². The van der Waals surface area contributed by atoms with Gasteiger partial charge >= 0.3 is 0 Å². The van der Waals surface area contributed by atoms with Gasteiger partial charge in [-0.25, -0.2) is 13.1 Å². The molecule has 0 heterocycles. The summed E-state index contributed by atoms with van der Waals surface area (Å²) in [5.41, 5.74) is 0.628. The number of sulfonamides is 1. The third-order valence-corrected chi connectivity index (χ3v) is 4.90. The molecule has 0 bridgehead atoms. The van der Waals surface area contributed by atoms with Crippen LogP contribution in [0.2, 0.25) is 0 Å². The van der Waals surface area contributed by atoms with Crippen LogP contribution in [-0.4, -0.2) is 20.9 Å². The minimum absolute atomic E-state index is 0.0113. The monoisotopic (exact) mass is 296 g/mol. The summed E-state index contributed by atoms with van der Waals surface area (Å²) in [4.78, 5) is 12.0. The third-order valence-electron chi connectivity index (χ3n) is 3.42. The Kier molecular flexibility index (Phi) is 4.45. The van der Waals surface area contributed by atoms with Crippen molar-refractivity contribution in [3.63, 3.8) is 0 Å². The Morgan fingerprint density at radius 3 is 2.40 bits per heavy atom. The van der Waals surface area contributed by atoms with Crippen LogP contribution in [0.4, 0.5) is 5.69 Å². The van der Waals surface area contributed by atoms with Crippen LogP contribution in [0, 0.1) is 11.8 Å². The first-order valence-corrected chi connectivity index (χ1v) is 8.33. The van der Waals surface area contributed by atoms with Gasteiger partial charge in [0.05, 0.1) is 4.90 Å². The molecule has 1 aliphatic carbocycles. The molecule has 0 aliphatic heterocycles. The van der Waals surface area contributed by atoms with E-state index in [0.29, 0.717) is 18.2 Å². The highest BCUT2D eigenvalue weighted by atomic mass is 32.2. The minimum Gasteiger partial charge on any atom is -0.326 e. The van der Waals surface area contributed by atoms with Gasteiger partial charge in [0.1, 0.15) is 0 Å². The summed E-state index contributed by atoms with van der Waals surface area (Å²) in [6.07, 6.45) is 1.67. The molecule has 1 saturated carbocycles. The van der Waals surface area contributed by atoms with Crippen molar-refractivity contribution in [3.8, 4) is 0 Å². The van der Waals surface area contributed by atoms with Gasteiger partial charge in [-0.05, 0) is 43.0 Å². The number of anilines is 1. The number of hydrogen-bond donors (Lipinski definition) is 2. The van der Waals surface area contributed by atoms with Crippen molar-refractivity contribution < 1.29 is 13.2 Å². The van der Waals surface area contributed by atoms with E-state index >= 15 is 0 Å². The quantitative estimate of drug-likeness (QED) is 0.842. The van der Waals surface area contributed by atoms with E-state index in [1.807, 2.05) is 13.8 Å². The summed E-state index contributed by atoms with van der Waals surface area (Å²) in [5, 5.41) is 2.80. The van der Waals surface area contributed by atoms with Gasteiger partial charge in [0.2, 0.25) is 15.9 Å². The summed E-state index contributed by atoms with van der Waals surface area (Å²) < 4.78 is 26.3. The molecule has 1 aromatic rings. The molecule has 1 aromatic carbocycles. The lowest BCUT2D eigenvalue weighted by Crippen LogP contribution is -2.24.